The molecule has 0 atom stereocenters. The van der Waals surface area contributed by atoms with Crippen LogP contribution in [0.25, 0.3) is 0 Å². The first kappa shape index (κ1) is 12.9. The minimum absolute atomic E-state index is 0.0266. The molecular formula is C13H11ClIN3O. The van der Waals surface area contributed by atoms with E-state index in [-0.39, 0.29) is 5.91 Å². The van der Waals surface area contributed by atoms with Gasteiger partial charge in [-0.25, -0.2) is 0 Å². The Morgan fingerprint density at radius 3 is 3.16 bits per heavy atom. The molecule has 1 aliphatic heterocycles. The maximum absolute atomic E-state index is 12.5. The number of benzene rings is 1. The average molecular weight is 388 g/mol. The van der Waals surface area contributed by atoms with E-state index in [2.05, 4.69) is 32.8 Å². The summed E-state index contributed by atoms with van der Waals surface area (Å²) in [7, 11) is 0. The monoisotopic (exact) mass is 387 g/mol. The van der Waals surface area contributed by atoms with E-state index in [0.717, 1.165) is 21.2 Å². The molecule has 1 aromatic heterocycles. The summed E-state index contributed by atoms with van der Waals surface area (Å²) in [4.78, 5) is 14.4. The number of nitrogens with zero attached hydrogens (tertiary/aromatic N) is 2. The lowest BCUT2D eigenvalue weighted by Gasteiger charge is -2.27. The van der Waals surface area contributed by atoms with Gasteiger partial charge in [0, 0.05) is 39.4 Å². The van der Waals surface area contributed by atoms with Gasteiger partial charge in [-0.3, -0.25) is 9.89 Å². The molecule has 0 spiro atoms. The summed E-state index contributed by atoms with van der Waals surface area (Å²) in [6.07, 6.45) is 2.61. The van der Waals surface area contributed by atoms with Crippen LogP contribution in [0.1, 0.15) is 21.6 Å². The Balaban J connectivity index is 1.87. The third-order valence-electron chi connectivity index (χ3n) is 3.25. The SMILES string of the molecule is O=C(c1cc(Cl)ccc1I)N1CCc2[nH]ncc2C1. The number of aromatic amines is 1. The van der Waals surface area contributed by atoms with Crippen molar-refractivity contribution in [3.05, 3.63) is 49.8 Å². The molecule has 1 aromatic carbocycles. The van der Waals surface area contributed by atoms with Gasteiger partial charge < -0.3 is 4.90 Å². The zero-order chi connectivity index (χ0) is 13.4. The number of aromatic nitrogens is 2. The van der Waals surface area contributed by atoms with Crippen molar-refractivity contribution in [1.29, 1.82) is 0 Å². The Kier molecular flexibility index (Phi) is 3.49. The first-order valence-corrected chi connectivity index (χ1v) is 7.36. The summed E-state index contributed by atoms with van der Waals surface area (Å²) in [5.41, 5.74) is 2.89. The Morgan fingerprint density at radius 1 is 1.47 bits per heavy atom. The Hall–Kier alpha value is -1.08. The molecule has 98 valence electrons. The summed E-state index contributed by atoms with van der Waals surface area (Å²) in [5.74, 6) is 0.0266. The average Bonchev–Trinajstić information content (AvgIpc) is 2.88. The van der Waals surface area contributed by atoms with Crippen LogP contribution in [0.4, 0.5) is 0 Å². The van der Waals surface area contributed by atoms with Gasteiger partial charge in [-0.05, 0) is 40.8 Å². The van der Waals surface area contributed by atoms with Crippen LogP contribution in [0.15, 0.2) is 24.4 Å². The zero-order valence-electron chi connectivity index (χ0n) is 9.99. The second kappa shape index (κ2) is 5.13. The number of carbonyl (C=O) groups excluding carboxylic acids is 1. The Morgan fingerprint density at radius 2 is 2.32 bits per heavy atom. The van der Waals surface area contributed by atoms with Gasteiger partial charge in [0.1, 0.15) is 0 Å². The summed E-state index contributed by atoms with van der Waals surface area (Å²) in [6.45, 7) is 1.31. The fourth-order valence-corrected chi connectivity index (χ4v) is 2.97. The molecule has 0 bridgehead atoms. The molecule has 0 saturated heterocycles. The molecule has 3 rings (SSSR count). The molecule has 2 aromatic rings. The molecule has 6 heteroatoms. The molecule has 4 nitrogen and oxygen atoms in total. The van der Waals surface area contributed by atoms with Crippen LogP contribution >= 0.6 is 34.2 Å². The van der Waals surface area contributed by atoms with Crippen molar-refractivity contribution in [2.45, 2.75) is 13.0 Å². The Bertz CT molecular complexity index is 641. The summed E-state index contributed by atoms with van der Waals surface area (Å²) in [6, 6.07) is 5.39. The second-order valence-corrected chi connectivity index (χ2v) is 6.07. The van der Waals surface area contributed by atoms with E-state index in [4.69, 9.17) is 11.6 Å². The van der Waals surface area contributed by atoms with Gasteiger partial charge in [-0.1, -0.05) is 11.6 Å². The maximum Gasteiger partial charge on any atom is 0.255 e. The van der Waals surface area contributed by atoms with Crippen molar-refractivity contribution in [2.24, 2.45) is 0 Å². The summed E-state index contributed by atoms with van der Waals surface area (Å²) < 4.78 is 0.921. The van der Waals surface area contributed by atoms with Gasteiger partial charge in [-0.2, -0.15) is 5.10 Å². The quantitative estimate of drug-likeness (QED) is 0.765. The zero-order valence-corrected chi connectivity index (χ0v) is 12.9. The highest BCUT2D eigenvalue weighted by Gasteiger charge is 2.24. The number of nitrogens with one attached hydrogen (secondary N) is 1. The molecule has 0 fully saturated rings. The predicted octanol–water partition coefficient (Wildman–Crippen LogP) is 2.87. The fourth-order valence-electron chi connectivity index (χ4n) is 2.23. The lowest BCUT2D eigenvalue weighted by Crippen LogP contribution is -2.36. The lowest BCUT2D eigenvalue weighted by molar-refractivity contribution is 0.0733. The Labute approximate surface area is 129 Å². The molecule has 0 saturated carbocycles. The topological polar surface area (TPSA) is 49.0 Å². The first-order valence-electron chi connectivity index (χ1n) is 5.90. The van der Waals surface area contributed by atoms with Gasteiger partial charge in [-0.15, -0.1) is 0 Å². The highest BCUT2D eigenvalue weighted by atomic mass is 127. The van der Waals surface area contributed by atoms with Crippen molar-refractivity contribution in [3.8, 4) is 0 Å². The van der Waals surface area contributed by atoms with Crippen LogP contribution < -0.4 is 0 Å². The van der Waals surface area contributed by atoms with Crippen molar-refractivity contribution in [1.82, 2.24) is 15.1 Å². The van der Waals surface area contributed by atoms with E-state index in [9.17, 15) is 4.79 Å². The van der Waals surface area contributed by atoms with Crippen LogP contribution in [0.2, 0.25) is 5.02 Å². The number of hydrogen-bond acceptors (Lipinski definition) is 2. The molecule has 1 aliphatic rings. The number of rotatable bonds is 1. The van der Waals surface area contributed by atoms with Crippen LogP contribution in [0.3, 0.4) is 0 Å². The predicted molar refractivity (Wildman–Crippen MR) is 81.2 cm³/mol. The molecular weight excluding hydrogens is 377 g/mol. The standard InChI is InChI=1S/C13H11ClIN3O/c14-9-1-2-11(15)10(5-9)13(19)18-4-3-12-8(7-18)6-16-17-12/h1-2,5-6H,3-4,7H2,(H,16,17). The first-order chi connectivity index (χ1) is 9.15. The minimum atomic E-state index is 0.0266. The van der Waals surface area contributed by atoms with Crippen LogP contribution in [-0.4, -0.2) is 27.5 Å². The van der Waals surface area contributed by atoms with Crippen LogP contribution in [0, 0.1) is 3.57 Å². The number of hydrogen-bond donors (Lipinski definition) is 1. The number of carbonyl (C=O) groups is 1. The third-order valence-corrected chi connectivity index (χ3v) is 4.42. The summed E-state index contributed by atoms with van der Waals surface area (Å²) >= 11 is 8.14. The van der Waals surface area contributed by atoms with E-state index < -0.39 is 0 Å². The third kappa shape index (κ3) is 2.49. The number of H-pyrrole nitrogens is 1. The lowest BCUT2D eigenvalue weighted by atomic mass is 10.1. The molecule has 2 heterocycles. The molecule has 1 N–H and O–H groups in total. The van der Waals surface area contributed by atoms with E-state index in [1.807, 2.05) is 11.0 Å². The van der Waals surface area contributed by atoms with Crippen molar-refractivity contribution >= 4 is 40.1 Å². The van der Waals surface area contributed by atoms with E-state index in [1.165, 1.54) is 0 Å². The van der Waals surface area contributed by atoms with Crippen molar-refractivity contribution in [2.75, 3.05) is 6.54 Å². The highest BCUT2D eigenvalue weighted by molar-refractivity contribution is 14.1. The van der Waals surface area contributed by atoms with Crippen LogP contribution in [0.5, 0.6) is 0 Å². The normalized spacial score (nSPS) is 14.3. The molecule has 0 radical (unpaired) electrons. The smallest absolute Gasteiger partial charge is 0.255 e. The van der Waals surface area contributed by atoms with E-state index in [0.29, 0.717) is 23.7 Å². The van der Waals surface area contributed by atoms with E-state index >= 15 is 0 Å². The van der Waals surface area contributed by atoms with Crippen molar-refractivity contribution in [3.63, 3.8) is 0 Å². The van der Waals surface area contributed by atoms with Gasteiger partial charge in [0.15, 0.2) is 0 Å². The van der Waals surface area contributed by atoms with Gasteiger partial charge >= 0.3 is 0 Å². The highest BCUT2D eigenvalue weighted by Crippen LogP contribution is 2.23. The van der Waals surface area contributed by atoms with Crippen molar-refractivity contribution < 1.29 is 4.79 Å². The van der Waals surface area contributed by atoms with Gasteiger partial charge in [0.25, 0.3) is 5.91 Å². The summed E-state index contributed by atoms with van der Waals surface area (Å²) in [5, 5.41) is 7.57. The molecule has 19 heavy (non-hydrogen) atoms. The number of fused-ring (bicyclic) bond motifs is 1. The van der Waals surface area contributed by atoms with Gasteiger partial charge in [0.05, 0.1) is 11.8 Å². The van der Waals surface area contributed by atoms with Crippen LogP contribution in [-0.2, 0) is 13.0 Å². The second-order valence-electron chi connectivity index (χ2n) is 4.47. The molecule has 1 amide bonds. The maximum atomic E-state index is 12.5. The largest absolute Gasteiger partial charge is 0.334 e. The number of amides is 1. The fraction of sp³-hybridized carbons (Fsp3) is 0.231. The van der Waals surface area contributed by atoms with E-state index in [1.54, 1.807) is 18.3 Å². The minimum Gasteiger partial charge on any atom is -0.334 e. The molecule has 0 aliphatic carbocycles. The van der Waals surface area contributed by atoms with Gasteiger partial charge in [0.2, 0.25) is 0 Å². The number of halogens is 2. The molecule has 0 unspecified atom stereocenters.